The van der Waals surface area contributed by atoms with Gasteiger partial charge in [-0.15, -0.1) is 12.6 Å². The number of hydrogen-bond donors (Lipinski definition) is 3. The van der Waals surface area contributed by atoms with Crippen molar-refractivity contribution in [3.8, 4) is 11.1 Å². The number of nitrogens with two attached hydrogens (primary N) is 1. The van der Waals surface area contributed by atoms with Crippen LogP contribution in [0.25, 0.3) is 22.0 Å². The maximum atomic E-state index is 13.6. The lowest BCUT2D eigenvalue weighted by Crippen LogP contribution is -2.44. The van der Waals surface area contributed by atoms with Crippen molar-refractivity contribution in [3.05, 3.63) is 64.4 Å². The lowest BCUT2D eigenvalue weighted by atomic mass is 9.97. The number of pyridine rings is 1. The minimum Gasteiger partial charge on any atom is -0.384 e. The van der Waals surface area contributed by atoms with Crippen LogP contribution in [0, 0.1) is 5.41 Å². The topological polar surface area (TPSA) is 75.1 Å². The summed E-state index contributed by atoms with van der Waals surface area (Å²) in [5.74, 6) is 0.0000209. The van der Waals surface area contributed by atoms with Crippen molar-refractivity contribution < 1.29 is 0 Å². The van der Waals surface area contributed by atoms with Gasteiger partial charge in [0.15, 0.2) is 0 Å². The summed E-state index contributed by atoms with van der Waals surface area (Å²) < 4.78 is 1.90. The van der Waals surface area contributed by atoms with Crippen molar-refractivity contribution in [1.29, 1.82) is 5.41 Å². The molecule has 1 aromatic heterocycles. The predicted octanol–water partition coefficient (Wildman–Crippen LogP) is 5.67. The van der Waals surface area contributed by atoms with Gasteiger partial charge in [0.25, 0.3) is 5.56 Å². The van der Waals surface area contributed by atoms with Crippen LogP contribution in [0.1, 0.15) is 57.9 Å². The van der Waals surface area contributed by atoms with Crippen LogP contribution in [0.5, 0.6) is 0 Å². The highest BCUT2D eigenvalue weighted by atomic mass is 32.1. The van der Waals surface area contributed by atoms with Gasteiger partial charge >= 0.3 is 0 Å². The summed E-state index contributed by atoms with van der Waals surface area (Å²) >= 11 is 4.52. The third-order valence-electron chi connectivity index (χ3n) is 7.24. The van der Waals surface area contributed by atoms with E-state index in [1.54, 1.807) is 6.07 Å². The maximum absolute atomic E-state index is 13.6. The van der Waals surface area contributed by atoms with Gasteiger partial charge in [-0.1, -0.05) is 37.1 Å². The summed E-state index contributed by atoms with van der Waals surface area (Å²) in [4.78, 5) is 17.1. The second-order valence-corrected chi connectivity index (χ2v) is 10.2. The molecule has 34 heavy (non-hydrogen) atoms. The average molecular weight is 477 g/mol. The summed E-state index contributed by atoms with van der Waals surface area (Å²) in [6.07, 6.45) is 7.14. The standard InChI is InChI=1S/C28H36N4OS/c1-19-8-6-9-20(2)31(19)14-4-3-5-15-32-26-18-24(34)13-12-22(26)17-25(28(32)33)21-10-7-11-23(16-21)27(29)30/h7,10-13,16-20,34H,3-6,8-9,14-15H2,1-2H3,(H3,29,30)/t19-,20+. The van der Waals surface area contributed by atoms with Crippen LogP contribution in [0.15, 0.2) is 58.2 Å². The minimum absolute atomic E-state index is 0.0000209. The molecule has 1 fully saturated rings. The molecular formula is C28H36N4OS. The Morgan fingerprint density at radius 1 is 1.03 bits per heavy atom. The molecule has 0 bridgehead atoms. The first-order chi connectivity index (χ1) is 16.3. The first kappa shape index (κ1) is 24.6. The summed E-state index contributed by atoms with van der Waals surface area (Å²) in [7, 11) is 0. The van der Waals surface area contributed by atoms with Crippen LogP contribution in [-0.2, 0) is 6.54 Å². The summed E-state index contributed by atoms with van der Waals surface area (Å²) in [5, 5.41) is 8.77. The zero-order valence-electron chi connectivity index (χ0n) is 20.3. The fourth-order valence-corrected chi connectivity index (χ4v) is 5.50. The Kier molecular flexibility index (Phi) is 7.79. The van der Waals surface area contributed by atoms with Crippen LogP contribution in [0.2, 0.25) is 0 Å². The summed E-state index contributed by atoms with van der Waals surface area (Å²) in [6.45, 7) is 6.51. The molecule has 3 N–H and O–H groups in total. The fourth-order valence-electron chi connectivity index (χ4n) is 5.30. The molecule has 1 aliphatic rings. The number of unbranched alkanes of at least 4 members (excludes halogenated alkanes) is 2. The number of likely N-dealkylation sites (tertiary alicyclic amines) is 1. The molecule has 4 rings (SSSR count). The van der Waals surface area contributed by atoms with Crippen molar-refractivity contribution in [2.45, 2.75) is 75.9 Å². The van der Waals surface area contributed by atoms with Gasteiger partial charge in [0.2, 0.25) is 0 Å². The van der Waals surface area contributed by atoms with Crippen molar-refractivity contribution in [2.24, 2.45) is 5.73 Å². The first-order valence-corrected chi connectivity index (χ1v) is 12.9. The number of thiol groups is 1. The van der Waals surface area contributed by atoms with Crippen LogP contribution >= 0.6 is 12.6 Å². The number of fused-ring (bicyclic) bond motifs is 1. The molecule has 6 heteroatoms. The van der Waals surface area contributed by atoms with Gasteiger partial charge in [-0.2, -0.15) is 0 Å². The molecule has 0 saturated carbocycles. The molecule has 2 aromatic carbocycles. The van der Waals surface area contributed by atoms with Crippen LogP contribution < -0.4 is 11.3 Å². The highest BCUT2D eigenvalue weighted by Gasteiger charge is 2.23. The Morgan fingerprint density at radius 2 is 1.76 bits per heavy atom. The van der Waals surface area contributed by atoms with E-state index in [0.717, 1.165) is 47.2 Å². The number of nitrogens with one attached hydrogen (secondary N) is 1. The van der Waals surface area contributed by atoms with E-state index in [-0.39, 0.29) is 11.4 Å². The second-order valence-electron chi connectivity index (χ2n) is 9.68. The van der Waals surface area contributed by atoms with Gasteiger partial charge in [-0.25, -0.2) is 0 Å². The molecule has 5 nitrogen and oxygen atoms in total. The highest BCUT2D eigenvalue weighted by Crippen LogP contribution is 2.25. The number of rotatable bonds is 8. The Hall–Kier alpha value is -2.57. The van der Waals surface area contributed by atoms with E-state index in [1.807, 2.05) is 47.0 Å². The van der Waals surface area contributed by atoms with Gasteiger partial charge in [0.05, 0.1) is 5.52 Å². The van der Waals surface area contributed by atoms with E-state index >= 15 is 0 Å². The second kappa shape index (κ2) is 10.8. The molecule has 0 unspecified atom stereocenters. The number of hydrogen-bond acceptors (Lipinski definition) is 4. The van der Waals surface area contributed by atoms with Crippen molar-refractivity contribution in [2.75, 3.05) is 6.54 Å². The Bertz CT molecular complexity index is 1220. The zero-order valence-corrected chi connectivity index (χ0v) is 21.2. The van der Waals surface area contributed by atoms with Crippen molar-refractivity contribution in [1.82, 2.24) is 9.47 Å². The van der Waals surface area contributed by atoms with E-state index in [9.17, 15) is 4.79 Å². The van der Waals surface area contributed by atoms with Crippen LogP contribution in [-0.4, -0.2) is 33.9 Å². The van der Waals surface area contributed by atoms with E-state index in [4.69, 9.17) is 11.1 Å². The molecule has 0 spiro atoms. The highest BCUT2D eigenvalue weighted by molar-refractivity contribution is 7.80. The van der Waals surface area contributed by atoms with Gasteiger partial charge in [0, 0.05) is 34.7 Å². The van der Waals surface area contributed by atoms with E-state index in [0.29, 0.717) is 29.8 Å². The number of benzene rings is 2. The number of aromatic nitrogens is 1. The van der Waals surface area contributed by atoms with Crippen molar-refractivity contribution in [3.63, 3.8) is 0 Å². The Morgan fingerprint density at radius 3 is 2.50 bits per heavy atom. The van der Waals surface area contributed by atoms with Gasteiger partial charge in [-0.3, -0.25) is 15.1 Å². The van der Waals surface area contributed by atoms with Gasteiger partial charge in [0.1, 0.15) is 5.84 Å². The van der Waals surface area contributed by atoms with Crippen LogP contribution in [0.4, 0.5) is 0 Å². The lowest BCUT2D eigenvalue weighted by molar-refractivity contribution is 0.101. The third kappa shape index (κ3) is 5.39. The van der Waals surface area contributed by atoms with Gasteiger partial charge < -0.3 is 10.3 Å². The fraction of sp³-hybridized carbons (Fsp3) is 0.429. The Labute approximate surface area is 207 Å². The molecule has 3 aromatic rings. The van der Waals surface area contributed by atoms with Crippen LogP contribution in [0.3, 0.4) is 0 Å². The summed E-state index contributed by atoms with van der Waals surface area (Å²) in [5.41, 5.74) is 8.65. The number of aryl methyl sites for hydroxylation is 1. The molecule has 1 saturated heterocycles. The van der Waals surface area contributed by atoms with E-state index in [2.05, 4.69) is 31.4 Å². The quantitative estimate of drug-likeness (QED) is 0.170. The minimum atomic E-state index is -0.00888. The molecular weight excluding hydrogens is 440 g/mol. The number of piperidine rings is 1. The maximum Gasteiger partial charge on any atom is 0.258 e. The van der Waals surface area contributed by atoms with Gasteiger partial charge in [-0.05, 0) is 81.3 Å². The molecule has 1 aliphatic heterocycles. The largest absolute Gasteiger partial charge is 0.384 e. The van der Waals surface area contributed by atoms with E-state index < -0.39 is 0 Å². The SMILES string of the molecule is C[C@@H]1CCC[C@H](C)N1CCCCCn1c(=O)c(-c2cccc(C(=N)N)c2)cc2ccc(S)cc21. The number of nitrogens with zero attached hydrogens (tertiary/aromatic N) is 2. The molecule has 2 atom stereocenters. The average Bonchev–Trinajstić information content (AvgIpc) is 2.81. The first-order valence-electron chi connectivity index (χ1n) is 12.4. The van der Waals surface area contributed by atoms with Crippen molar-refractivity contribution >= 4 is 29.4 Å². The normalized spacial score (nSPS) is 18.9. The molecule has 0 radical (unpaired) electrons. The predicted molar refractivity (Wildman–Crippen MR) is 145 cm³/mol. The van der Waals surface area contributed by atoms with E-state index in [1.165, 1.54) is 19.3 Å². The molecule has 2 heterocycles. The summed E-state index contributed by atoms with van der Waals surface area (Å²) in [6, 6.07) is 16.6. The third-order valence-corrected chi connectivity index (χ3v) is 7.52. The Balaban J connectivity index is 1.56. The smallest absolute Gasteiger partial charge is 0.258 e. The lowest BCUT2D eigenvalue weighted by Gasteiger charge is -2.39. The molecule has 0 amide bonds. The molecule has 180 valence electrons. The monoisotopic (exact) mass is 476 g/mol. The zero-order chi connectivity index (χ0) is 24.2. The number of nitrogen functional groups attached to an aromatic ring is 1. The number of amidine groups is 1. The molecule has 0 aliphatic carbocycles.